The lowest BCUT2D eigenvalue weighted by Crippen LogP contribution is -2.44. The van der Waals surface area contributed by atoms with Crippen molar-refractivity contribution >= 4 is 11.9 Å². The molecule has 23 heavy (non-hydrogen) atoms. The van der Waals surface area contributed by atoms with Crippen LogP contribution in [0.4, 0.5) is 0 Å². The summed E-state index contributed by atoms with van der Waals surface area (Å²) in [7, 11) is 5.17. The second-order valence-electron chi connectivity index (χ2n) is 5.82. The number of amides is 1. The molecule has 1 saturated heterocycles. The van der Waals surface area contributed by atoms with Gasteiger partial charge in [-0.25, -0.2) is 4.99 Å². The van der Waals surface area contributed by atoms with Crippen LogP contribution in [0.1, 0.15) is 18.4 Å². The Bertz CT molecular complexity index is 534. The first kappa shape index (κ1) is 17.1. The molecule has 0 unspecified atom stereocenters. The van der Waals surface area contributed by atoms with E-state index in [0.29, 0.717) is 6.54 Å². The van der Waals surface area contributed by atoms with E-state index in [1.807, 2.05) is 24.3 Å². The van der Waals surface area contributed by atoms with Gasteiger partial charge in [-0.2, -0.15) is 0 Å². The van der Waals surface area contributed by atoms with E-state index in [1.165, 1.54) is 12.8 Å². The van der Waals surface area contributed by atoms with Crippen molar-refractivity contribution in [2.75, 3.05) is 40.8 Å². The number of aliphatic imine (C=N–C) groups is 1. The molecule has 0 saturated carbocycles. The summed E-state index contributed by atoms with van der Waals surface area (Å²) in [5, 5.41) is 3.20. The van der Waals surface area contributed by atoms with E-state index in [1.54, 1.807) is 26.1 Å². The Balaban J connectivity index is 2.01. The minimum atomic E-state index is 0.0429. The van der Waals surface area contributed by atoms with Crippen molar-refractivity contribution in [2.45, 2.75) is 19.4 Å². The number of likely N-dealkylation sites (N-methyl/N-ethyl adjacent to an activating group) is 1. The molecule has 0 bridgehead atoms. The molecule has 0 spiro atoms. The Morgan fingerprint density at radius 2 is 1.91 bits per heavy atom. The van der Waals surface area contributed by atoms with Crippen molar-refractivity contribution in [1.29, 1.82) is 0 Å². The molecule has 6 nitrogen and oxygen atoms in total. The lowest BCUT2D eigenvalue weighted by atomic mass is 10.2. The second kappa shape index (κ2) is 8.41. The third-order valence-electron chi connectivity index (χ3n) is 3.87. The predicted molar refractivity (Wildman–Crippen MR) is 91.6 cm³/mol. The molecule has 1 amide bonds. The number of carbonyl (C=O) groups excluding carboxylic acids is 1. The second-order valence-corrected chi connectivity index (χ2v) is 5.82. The predicted octanol–water partition coefficient (Wildman–Crippen LogP) is 1.32. The minimum Gasteiger partial charge on any atom is -0.497 e. The van der Waals surface area contributed by atoms with Gasteiger partial charge in [0.2, 0.25) is 5.91 Å². The first-order valence-electron chi connectivity index (χ1n) is 7.96. The molecule has 1 aliphatic heterocycles. The fraction of sp³-hybridized carbons (Fsp3) is 0.529. The zero-order chi connectivity index (χ0) is 16.7. The van der Waals surface area contributed by atoms with Crippen molar-refractivity contribution in [2.24, 2.45) is 4.99 Å². The van der Waals surface area contributed by atoms with Crippen molar-refractivity contribution < 1.29 is 9.53 Å². The average Bonchev–Trinajstić information content (AvgIpc) is 3.09. The van der Waals surface area contributed by atoms with Crippen LogP contribution in [0.3, 0.4) is 0 Å². The van der Waals surface area contributed by atoms with Crippen molar-refractivity contribution in [3.8, 4) is 5.75 Å². The molecule has 1 aromatic rings. The summed E-state index contributed by atoms with van der Waals surface area (Å²) in [5.74, 6) is 1.70. The van der Waals surface area contributed by atoms with E-state index < -0.39 is 0 Å². The number of methoxy groups -OCH3 is 1. The van der Waals surface area contributed by atoms with Gasteiger partial charge in [0, 0.05) is 27.2 Å². The molecule has 1 aliphatic rings. The van der Waals surface area contributed by atoms with Crippen LogP contribution in [0.15, 0.2) is 29.3 Å². The van der Waals surface area contributed by atoms with Crippen LogP contribution >= 0.6 is 0 Å². The zero-order valence-corrected chi connectivity index (χ0v) is 14.2. The Morgan fingerprint density at radius 1 is 1.26 bits per heavy atom. The summed E-state index contributed by atoms with van der Waals surface area (Å²) in [4.78, 5) is 20.3. The van der Waals surface area contributed by atoms with Gasteiger partial charge in [0.15, 0.2) is 5.96 Å². The van der Waals surface area contributed by atoms with E-state index in [9.17, 15) is 4.79 Å². The Hall–Kier alpha value is -2.24. The topological polar surface area (TPSA) is 57.2 Å². The van der Waals surface area contributed by atoms with Gasteiger partial charge in [0.25, 0.3) is 0 Å². The van der Waals surface area contributed by atoms with E-state index >= 15 is 0 Å². The highest BCUT2D eigenvalue weighted by atomic mass is 16.5. The number of rotatable bonds is 5. The lowest BCUT2D eigenvalue weighted by molar-refractivity contribution is -0.127. The summed E-state index contributed by atoms with van der Waals surface area (Å²) in [6, 6.07) is 7.89. The highest BCUT2D eigenvalue weighted by Crippen LogP contribution is 2.13. The maximum absolute atomic E-state index is 11.8. The summed E-state index contributed by atoms with van der Waals surface area (Å²) < 4.78 is 5.16. The molecule has 1 N–H and O–H groups in total. The monoisotopic (exact) mass is 318 g/mol. The van der Waals surface area contributed by atoms with Gasteiger partial charge in [-0.3, -0.25) is 4.79 Å². The van der Waals surface area contributed by atoms with E-state index in [2.05, 4.69) is 15.2 Å². The van der Waals surface area contributed by atoms with Crippen LogP contribution in [0.25, 0.3) is 0 Å². The Morgan fingerprint density at radius 3 is 2.48 bits per heavy atom. The maximum Gasteiger partial charge on any atom is 0.241 e. The summed E-state index contributed by atoms with van der Waals surface area (Å²) in [6.45, 7) is 2.83. The number of guanidine groups is 1. The third-order valence-corrected chi connectivity index (χ3v) is 3.87. The van der Waals surface area contributed by atoms with Gasteiger partial charge in [0.1, 0.15) is 5.75 Å². The summed E-state index contributed by atoms with van der Waals surface area (Å²) in [5.41, 5.74) is 1.11. The van der Waals surface area contributed by atoms with E-state index in [0.717, 1.165) is 30.4 Å². The van der Waals surface area contributed by atoms with Gasteiger partial charge in [-0.15, -0.1) is 0 Å². The largest absolute Gasteiger partial charge is 0.497 e. The van der Waals surface area contributed by atoms with E-state index in [4.69, 9.17) is 4.74 Å². The van der Waals surface area contributed by atoms with Crippen LogP contribution < -0.4 is 10.1 Å². The van der Waals surface area contributed by atoms with Crippen LogP contribution in [-0.2, 0) is 11.3 Å². The van der Waals surface area contributed by atoms with Gasteiger partial charge in [0.05, 0.1) is 20.2 Å². The first-order valence-corrected chi connectivity index (χ1v) is 7.96. The Labute approximate surface area is 138 Å². The number of nitrogens with one attached hydrogen (secondary N) is 1. The zero-order valence-electron chi connectivity index (χ0n) is 14.2. The van der Waals surface area contributed by atoms with Gasteiger partial charge in [-0.1, -0.05) is 12.1 Å². The summed E-state index contributed by atoms with van der Waals surface area (Å²) >= 11 is 0. The number of ether oxygens (including phenoxy) is 1. The number of benzene rings is 1. The molecule has 0 radical (unpaired) electrons. The quantitative estimate of drug-likeness (QED) is 0.657. The van der Waals surface area contributed by atoms with Crippen LogP contribution in [0.2, 0.25) is 0 Å². The van der Waals surface area contributed by atoms with E-state index in [-0.39, 0.29) is 12.5 Å². The smallest absolute Gasteiger partial charge is 0.241 e. The minimum absolute atomic E-state index is 0.0429. The van der Waals surface area contributed by atoms with Gasteiger partial charge in [-0.05, 0) is 30.5 Å². The lowest BCUT2D eigenvalue weighted by Gasteiger charge is -2.22. The third kappa shape index (κ3) is 5.16. The molecule has 1 heterocycles. The van der Waals surface area contributed by atoms with Crippen LogP contribution in [0.5, 0.6) is 5.75 Å². The maximum atomic E-state index is 11.8. The molecule has 6 heteroatoms. The molecule has 2 rings (SSSR count). The molecular weight excluding hydrogens is 292 g/mol. The molecule has 0 aliphatic carbocycles. The van der Waals surface area contributed by atoms with Crippen molar-refractivity contribution in [3.63, 3.8) is 0 Å². The van der Waals surface area contributed by atoms with Crippen LogP contribution in [0, 0.1) is 0 Å². The fourth-order valence-electron chi connectivity index (χ4n) is 2.41. The standard InChI is InChI=1S/C17H26N4O2/c1-20(2)16(22)13-19-17(21-10-4-5-11-21)18-12-14-6-8-15(23-3)9-7-14/h6-9H,4-5,10-13H2,1-3H3,(H,18,19). The highest BCUT2D eigenvalue weighted by Gasteiger charge is 2.17. The SMILES string of the molecule is COc1ccc(CN=C(NCC(=O)N(C)C)N2CCCC2)cc1. The van der Waals surface area contributed by atoms with Crippen LogP contribution in [-0.4, -0.2) is 62.5 Å². The Kier molecular flexibility index (Phi) is 6.26. The number of likely N-dealkylation sites (tertiary alicyclic amines) is 1. The molecule has 0 aromatic heterocycles. The molecule has 1 aromatic carbocycles. The molecule has 0 atom stereocenters. The highest BCUT2D eigenvalue weighted by molar-refractivity contribution is 5.86. The molecular formula is C17H26N4O2. The number of carbonyl (C=O) groups is 1. The van der Waals surface area contributed by atoms with Crippen molar-refractivity contribution in [3.05, 3.63) is 29.8 Å². The summed E-state index contributed by atoms with van der Waals surface area (Å²) in [6.07, 6.45) is 2.34. The number of nitrogens with zero attached hydrogens (tertiary/aromatic N) is 3. The van der Waals surface area contributed by atoms with Crippen molar-refractivity contribution in [1.82, 2.24) is 15.1 Å². The molecule has 126 valence electrons. The average molecular weight is 318 g/mol. The normalized spacial score (nSPS) is 14.7. The first-order chi connectivity index (χ1) is 11.1. The van der Waals surface area contributed by atoms with Gasteiger partial charge < -0.3 is 19.9 Å². The number of hydrogen-bond acceptors (Lipinski definition) is 3. The number of hydrogen-bond donors (Lipinski definition) is 1. The van der Waals surface area contributed by atoms with Gasteiger partial charge >= 0.3 is 0 Å². The molecule has 1 fully saturated rings. The fourth-order valence-corrected chi connectivity index (χ4v) is 2.41.